The Balaban J connectivity index is 2.45. The number of phenols is 1. The maximum Gasteiger partial charge on any atom is 0.261 e. The molecule has 0 atom stereocenters. The minimum atomic E-state index is -0.659. The lowest BCUT2D eigenvalue weighted by Crippen LogP contribution is -2.31. The summed E-state index contributed by atoms with van der Waals surface area (Å²) in [5.74, 6) is -1.05. The largest absolute Gasteiger partial charge is 0.508 e. The number of rotatable bonds is 3. The fourth-order valence-electron chi connectivity index (χ4n) is 2.01. The first-order valence-corrected chi connectivity index (χ1v) is 6.25. The van der Waals surface area contributed by atoms with Gasteiger partial charge in [-0.05, 0) is 31.5 Å². The number of benzene rings is 1. The molecule has 1 N–H and O–H groups in total. The van der Waals surface area contributed by atoms with E-state index in [4.69, 9.17) is 0 Å². The van der Waals surface area contributed by atoms with Crippen molar-refractivity contribution in [2.24, 2.45) is 0 Å². The van der Waals surface area contributed by atoms with Crippen LogP contribution in [-0.4, -0.2) is 22.5 Å². The average Bonchev–Trinajstić information content (AvgIpc) is 2.44. The molecule has 5 heteroatoms. The molecule has 20 heavy (non-hydrogen) atoms. The van der Waals surface area contributed by atoms with Crippen molar-refractivity contribution in [3.8, 4) is 5.75 Å². The molecule has 0 unspecified atom stereocenters. The Morgan fingerprint density at radius 2 is 2.15 bits per heavy atom. The van der Waals surface area contributed by atoms with Crippen molar-refractivity contribution in [1.29, 1.82) is 0 Å². The summed E-state index contributed by atoms with van der Waals surface area (Å²) in [5.41, 5.74) is 1.35. The number of aryl methyl sites for hydroxylation is 1. The van der Waals surface area contributed by atoms with Crippen LogP contribution >= 0.6 is 0 Å². The molecule has 0 aliphatic rings. The van der Waals surface area contributed by atoms with Crippen LogP contribution in [0.15, 0.2) is 36.7 Å². The molecule has 104 valence electrons. The molecular weight excluding hydrogens is 259 g/mol. The summed E-state index contributed by atoms with van der Waals surface area (Å²) in [5, 5.41) is 9.57. The lowest BCUT2D eigenvalue weighted by molar-refractivity contribution is 0.0984. The quantitative estimate of drug-likeness (QED) is 0.936. The Morgan fingerprint density at radius 3 is 2.80 bits per heavy atom. The summed E-state index contributed by atoms with van der Waals surface area (Å²) in [6, 6.07) is 6.10. The number of hydrogen-bond acceptors (Lipinski definition) is 3. The first-order chi connectivity index (χ1) is 9.54. The maximum atomic E-state index is 13.7. The standard InChI is InChI=1S/C15H15FN2O2/c1-3-18(14-8-11(19)5-4-10(14)2)15(20)12-6-7-17-9-13(12)16/h4-9,19H,3H2,1-2H3. The first-order valence-electron chi connectivity index (χ1n) is 6.25. The molecule has 0 saturated heterocycles. The summed E-state index contributed by atoms with van der Waals surface area (Å²) in [4.78, 5) is 17.5. The van der Waals surface area contributed by atoms with Crippen LogP contribution in [0.1, 0.15) is 22.8 Å². The number of aromatic hydroxyl groups is 1. The number of phenolic OH excluding ortho intramolecular Hbond substituents is 1. The number of carbonyl (C=O) groups is 1. The van der Waals surface area contributed by atoms with Crippen molar-refractivity contribution in [3.05, 3.63) is 53.6 Å². The topological polar surface area (TPSA) is 53.4 Å². The first kappa shape index (κ1) is 14.0. The summed E-state index contributed by atoms with van der Waals surface area (Å²) in [6.45, 7) is 3.99. The van der Waals surface area contributed by atoms with E-state index in [0.717, 1.165) is 11.8 Å². The number of halogens is 1. The van der Waals surface area contributed by atoms with Crippen LogP contribution in [0.2, 0.25) is 0 Å². The predicted molar refractivity (Wildman–Crippen MR) is 74.4 cm³/mol. The number of aromatic nitrogens is 1. The van der Waals surface area contributed by atoms with Crippen LogP contribution in [0.3, 0.4) is 0 Å². The zero-order chi connectivity index (χ0) is 14.7. The van der Waals surface area contributed by atoms with E-state index in [2.05, 4.69) is 4.98 Å². The van der Waals surface area contributed by atoms with Gasteiger partial charge in [0.15, 0.2) is 5.82 Å². The van der Waals surface area contributed by atoms with Gasteiger partial charge in [-0.1, -0.05) is 6.07 Å². The number of nitrogens with zero attached hydrogens (tertiary/aromatic N) is 2. The van der Waals surface area contributed by atoms with E-state index in [9.17, 15) is 14.3 Å². The molecule has 0 aliphatic heterocycles. The van der Waals surface area contributed by atoms with Gasteiger partial charge in [-0.25, -0.2) is 4.39 Å². The van der Waals surface area contributed by atoms with Crippen molar-refractivity contribution in [2.75, 3.05) is 11.4 Å². The van der Waals surface area contributed by atoms with Gasteiger partial charge >= 0.3 is 0 Å². The van der Waals surface area contributed by atoms with Crippen molar-refractivity contribution >= 4 is 11.6 Å². The van der Waals surface area contributed by atoms with Gasteiger partial charge in [0.25, 0.3) is 5.91 Å². The number of anilines is 1. The number of pyridine rings is 1. The molecular formula is C15H15FN2O2. The van der Waals surface area contributed by atoms with E-state index < -0.39 is 11.7 Å². The normalized spacial score (nSPS) is 10.3. The van der Waals surface area contributed by atoms with E-state index in [1.165, 1.54) is 23.2 Å². The highest BCUT2D eigenvalue weighted by atomic mass is 19.1. The van der Waals surface area contributed by atoms with Crippen molar-refractivity contribution in [3.63, 3.8) is 0 Å². The third-order valence-corrected chi connectivity index (χ3v) is 3.05. The molecule has 0 bridgehead atoms. The molecule has 1 aromatic heterocycles. The zero-order valence-electron chi connectivity index (χ0n) is 11.3. The third kappa shape index (κ3) is 2.61. The van der Waals surface area contributed by atoms with Crippen molar-refractivity contribution in [1.82, 2.24) is 4.98 Å². The second-order valence-electron chi connectivity index (χ2n) is 4.38. The van der Waals surface area contributed by atoms with Gasteiger partial charge in [-0.15, -0.1) is 0 Å². The Morgan fingerprint density at radius 1 is 1.40 bits per heavy atom. The second kappa shape index (κ2) is 5.69. The van der Waals surface area contributed by atoms with Crippen molar-refractivity contribution < 1.29 is 14.3 Å². The maximum absolute atomic E-state index is 13.7. The Hall–Kier alpha value is -2.43. The number of carbonyl (C=O) groups excluding carboxylic acids is 1. The Labute approximate surface area is 116 Å². The SMILES string of the molecule is CCN(C(=O)c1ccncc1F)c1cc(O)ccc1C. The summed E-state index contributed by atoms with van der Waals surface area (Å²) in [6.07, 6.45) is 2.38. The van der Waals surface area contributed by atoms with E-state index in [-0.39, 0.29) is 11.3 Å². The smallest absolute Gasteiger partial charge is 0.261 e. The summed E-state index contributed by atoms with van der Waals surface area (Å²) >= 11 is 0. The van der Waals surface area contributed by atoms with Gasteiger partial charge in [-0.2, -0.15) is 0 Å². The molecule has 0 fully saturated rings. The minimum absolute atomic E-state index is 0.0374. The molecule has 0 radical (unpaired) electrons. The molecule has 2 aromatic rings. The van der Waals surface area contributed by atoms with Crippen LogP contribution in [-0.2, 0) is 0 Å². The molecule has 2 rings (SSSR count). The van der Waals surface area contributed by atoms with Gasteiger partial charge < -0.3 is 10.0 Å². The van der Waals surface area contributed by atoms with Gasteiger partial charge in [0, 0.05) is 18.8 Å². The Kier molecular flexibility index (Phi) is 3.98. The van der Waals surface area contributed by atoms with E-state index in [1.807, 2.05) is 6.92 Å². The van der Waals surface area contributed by atoms with Crippen LogP contribution in [0.5, 0.6) is 5.75 Å². The fraction of sp³-hybridized carbons (Fsp3) is 0.200. The molecule has 1 amide bonds. The molecule has 0 saturated carbocycles. The Bertz CT molecular complexity index is 644. The van der Waals surface area contributed by atoms with Crippen LogP contribution in [0.25, 0.3) is 0 Å². The zero-order valence-corrected chi connectivity index (χ0v) is 11.3. The average molecular weight is 274 g/mol. The minimum Gasteiger partial charge on any atom is -0.508 e. The third-order valence-electron chi connectivity index (χ3n) is 3.05. The number of hydrogen-bond donors (Lipinski definition) is 1. The van der Waals surface area contributed by atoms with E-state index in [0.29, 0.717) is 12.2 Å². The lowest BCUT2D eigenvalue weighted by atomic mass is 10.1. The van der Waals surface area contributed by atoms with Crippen molar-refractivity contribution in [2.45, 2.75) is 13.8 Å². The highest BCUT2D eigenvalue weighted by Crippen LogP contribution is 2.26. The number of amides is 1. The van der Waals surface area contributed by atoms with Gasteiger partial charge in [0.2, 0.25) is 0 Å². The fourth-order valence-corrected chi connectivity index (χ4v) is 2.01. The van der Waals surface area contributed by atoms with Gasteiger partial charge in [0.05, 0.1) is 17.4 Å². The predicted octanol–water partition coefficient (Wildman–Crippen LogP) is 2.90. The lowest BCUT2D eigenvalue weighted by Gasteiger charge is -2.23. The van der Waals surface area contributed by atoms with E-state index >= 15 is 0 Å². The highest BCUT2D eigenvalue weighted by molar-refractivity contribution is 6.06. The van der Waals surface area contributed by atoms with Crippen LogP contribution < -0.4 is 4.90 Å². The van der Waals surface area contributed by atoms with Gasteiger partial charge in [-0.3, -0.25) is 9.78 Å². The molecule has 4 nitrogen and oxygen atoms in total. The molecule has 0 spiro atoms. The van der Waals surface area contributed by atoms with Crippen LogP contribution in [0, 0.1) is 12.7 Å². The van der Waals surface area contributed by atoms with E-state index in [1.54, 1.807) is 19.1 Å². The molecule has 1 heterocycles. The highest BCUT2D eigenvalue weighted by Gasteiger charge is 2.21. The monoisotopic (exact) mass is 274 g/mol. The summed E-state index contributed by atoms with van der Waals surface area (Å²) in [7, 11) is 0. The second-order valence-corrected chi connectivity index (χ2v) is 4.38. The molecule has 1 aromatic carbocycles. The van der Waals surface area contributed by atoms with Gasteiger partial charge in [0.1, 0.15) is 5.75 Å². The van der Waals surface area contributed by atoms with Crippen LogP contribution in [0.4, 0.5) is 10.1 Å². The summed E-state index contributed by atoms with van der Waals surface area (Å²) < 4.78 is 13.7. The molecule has 0 aliphatic carbocycles.